The average Bonchev–Trinajstić information content (AvgIpc) is 2.87. The summed E-state index contributed by atoms with van der Waals surface area (Å²) in [4.78, 5) is 0. The maximum atomic E-state index is 11.8. The first-order valence-electron chi connectivity index (χ1n) is 6.46. The molecule has 0 aliphatic heterocycles. The summed E-state index contributed by atoms with van der Waals surface area (Å²) in [6.45, 7) is 3.88. The second kappa shape index (κ2) is 8.31. The van der Waals surface area contributed by atoms with Crippen LogP contribution in [0.2, 0.25) is 0 Å². The third-order valence-electron chi connectivity index (χ3n) is 2.50. The normalized spacial score (nSPS) is 11.9. The lowest BCUT2D eigenvalue weighted by atomic mass is 10.4. The van der Waals surface area contributed by atoms with Crippen molar-refractivity contribution in [2.24, 2.45) is 5.73 Å². The molecule has 0 bridgehead atoms. The molecule has 0 amide bonds. The maximum absolute atomic E-state index is 11.8. The number of ether oxygens (including phenoxy) is 1. The van der Waals surface area contributed by atoms with Crippen molar-refractivity contribution in [2.75, 3.05) is 19.8 Å². The molecule has 0 aromatic carbocycles. The summed E-state index contributed by atoms with van der Waals surface area (Å²) < 4.78 is 36.5. The second-order valence-electron chi connectivity index (χ2n) is 4.14. The van der Waals surface area contributed by atoms with Crippen LogP contribution in [0, 0.1) is 0 Å². The van der Waals surface area contributed by atoms with E-state index in [1.54, 1.807) is 6.07 Å². The van der Waals surface area contributed by atoms with E-state index in [-0.39, 0.29) is 11.6 Å². The number of unbranched alkanes of at least 4 members (excludes halogenated alkanes) is 1. The molecule has 19 heavy (non-hydrogen) atoms. The molecule has 6 nitrogen and oxygen atoms in total. The predicted octanol–water partition coefficient (Wildman–Crippen LogP) is 1.22. The van der Waals surface area contributed by atoms with Crippen molar-refractivity contribution < 1.29 is 17.6 Å². The first-order valence-corrected chi connectivity index (χ1v) is 7.94. The van der Waals surface area contributed by atoms with Crippen molar-refractivity contribution in [3.8, 4) is 0 Å². The fourth-order valence-electron chi connectivity index (χ4n) is 1.41. The number of furan rings is 1. The lowest BCUT2D eigenvalue weighted by molar-refractivity contribution is 0.130. The van der Waals surface area contributed by atoms with Crippen LogP contribution >= 0.6 is 0 Å². The molecular weight excluding hydrogens is 268 g/mol. The van der Waals surface area contributed by atoms with Crippen molar-refractivity contribution in [1.29, 1.82) is 0 Å². The summed E-state index contributed by atoms with van der Waals surface area (Å²) in [5.41, 5.74) is 5.36. The molecule has 110 valence electrons. The molecule has 0 fully saturated rings. The molecule has 1 aromatic rings. The third kappa shape index (κ3) is 5.73. The summed E-state index contributed by atoms with van der Waals surface area (Å²) >= 11 is 0. The number of hydrogen-bond donors (Lipinski definition) is 2. The van der Waals surface area contributed by atoms with Crippen molar-refractivity contribution in [2.45, 2.75) is 37.8 Å². The quantitative estimate of drug-likeness (QED) is 0.632. The molecule has 1 rings (SSSR count). The van der Waals surface area contributed by atoms with E-state index in [4.69, 9.17) is 14.9 Å². The highest BCUT2D eigenvalue weighted by molar-refractivity contribution is 7.89. The van der Waals surface area contributed by atoms with E-state index in [9.17, 15) is 8.42 Å². The van der Waals surface area contributed by atoms with Crippen LogP contribution in [0.3, 0.4) is 0 Å². The van der Waals surface area contributed by atoms with Gasteiger partial charge in [0.25, 0.3) is 10.0 Å². The Morgan fingerprint density at radius 3 is 2.68 bits per heavy atom. The summed E-state index contributed by atoms with van der Waals surface area (Å²) in [5.74, 6) is 0.447. The highest BCUT2D eigenvalue weighted by atomic mass is 32.2. The Morgan fingerprint density at radius 2 is 2.05 bits per heavy atom. The fraction of sp³-hybridized carbons (Fsp3) is 0.667. The zero-order chi connectivity index (χ0) is 14.1. The Balaban J connectivity index is 2.27. The number of rotatable bonds is 10. The predicted molar refractivity (Wildman–Crippen MR) is 72.1 cm³/mol. The SMILES string of the molecule is CCCCOCCCNS(=O)(=O)c1ccc(CN)o1. The van der Waals surface area contributed by atoms with Gasteiger partial charge in [-0.25, -0.2) is 13.1 Å². The highest BCUT2D eigenvalue weighted by Gasteiger charge is 2.17. The van der Waals surface area contributed by atoms with Gasteiger partial charge in [-0.2, -0.15) is 0 Å². The van der Waals surface area contributed by atoms with Crippen LogP contribution in [-0.2, 0) is 21.3 Å². The van der Waals surface area contributed by atoms with Gasteiger partial charge in [-0.3, -0.25) is 0 Å². The van der Waals surface area contributed by atoms with E-state index >= 15 is 0 Å². The van der Waals surface area contributed by atoms with Crippen LogP contribution in [0.1, 0.15) is 31.9 Å². The maximum Gasteiger partial charge on any atom is 0.273 e. The minimum Gasteiger partial charge on any atom is -0.447 e. The van der Waals surface area contributed by atoms with Crippen LogP contribution < -0.4 is 10.5 Å². The van der Waals surface area contributed by atoms with Gasteiger partial charge in [-0.15, -0.1) is 0 Å². The first-order chi connectivity index (χ1) is 9.10. The van der Waals surface area contributed by atoms with E-state index in [1.165, 1.54) is 6.07 Å². The molecule has 0 saturated heterocycles. The fourth-order valence-corrected chi connectivity index (χ4v) is 2.43. The van der Waals surface area contributed by atoms with Crippen molar-refractivity contribution in [3.63, 3.8) is 0 Å². The molecule has 0 radical (unpaired) electrons. The molecule has 0 atom stereocenters. The van der Waals surface area contributed by atoms with Gasteiger partial charge in [-0.1, -0.05) is 13.3 Å². The van der Waals surface area contributed by atoms with Gasteiger partial charge in [-0.05, 0) is 25.0 Å². The monoisotopic (exact) mass is 290 g/mol. The first kappa shape index (κ1) is 16.2. The Labute approximate surface area is 114 Å². The number of hydrogen-bond acceptors (Lipinski definition) is 5. The van der Waals surface area contributed by atoms with Gasteiger partial charge in [0.05, 0.1) is 6.54 Å². The van der Waals surface area contributed by atoms with Gasteiger partial charge in [0.2, 0.25) is 5.09 Å². The molecular formula is C12H22N2O4S. The Bertz CT molecular complexity index is 456. The number of sulfonamides is 1. The average molecular weight is 290 g/mol. The van der Waals surface area contributed by atoms with Gasteiger partial charge in [0.15, 0.2) is 0 Å². The second-order valence-corrected chi connectivity index (χ2v) is 5.84. The van der Waals surface area contributed by atoms with Crippen LogP contribution in [0.25, 0.3) is 0 Å². The van der Waals surface area contributed by atoms with Gasteiger partial charge < -0.3 is 14.9 Å². The Kier molecular flexibility index (Phi) is 7.07. The van der Waals surface area contributed by atoms with Gasteiger partial charge >= 0.3 is 0 Å². The van der Waals surface area contributed by atoms with Crippen LogP contribution in [-0.4, -0.2) is 28.2 Å². The molecule has 0 spiro atoms. The number of nitrogens with two attached hydrogens (primary N) is 1. The number of nitrogens with one attached hydrogen (secondary N) is 1. The standard InChI is InChI=1S/C12H22N2O4S/c1-2-3-8-17-9-4-7-14-19(15,16)12-6-5-11(10-13)18-12/h5-6,14H,2-4,7-10,13H2,1H3. The van der Waals surface area contributed by atoms with Crippen molar-refractivity contribution >= 4 is 10.0 Å². The molecule has 0 aliphatic rings. The molecule has 7 heteroatoms. The summed E-state index contributed by atoms with van der Waals surface area (Å²) in [6.07, 6.45) is 2.75. The van der Waals surface area contributed by atoms with E-state index in [1.807, 2.05) is 0 Å². The topological polar surface area (TPSA) is 94.6 Å². The third-order valence-corrected chi connectivity index (χ3v) is 3.84. The van der Waals surface area contributed by atoms with E-state index in [2.05, 4.69) is 11.6 Å². The smallest absolute Gasteiger partial charge is 0.273 e. The summed E-state index contributed by atoms with van der Waals surface area (Å²) in [7, 11) is -3.57. The summed E-state index contributed by atoms with van der Waals surface area (Å²) in [5, 5.41) is -0.0974. The molecule has 0 aliphatic carbocycles. The van der Waals surface area contributed by atoms with E-state index in [0.29, 0.717) is 25.3 Å². The summed E-state index contributed by atoms with van der Waals surface area (Å²) in [6, 6.07) is 2.96. The minimum atomic E-state index is -3.57. The molecule has 0 saturated carbocycles. The lowest BCUT2D eigenvalue weighted by Crippen LogP contribution is -2.25. The molecule has 0 unspecified atom stereocenters. The molecule has 1 aromatic heterocycles. The zero-order valence-corrected chi connectivity index (χ0v) is 12.0. The zero-order valence-electron chi connectivity index (χ0n) is 11.2. The lowest BCUT2D eigenvalue weighted by Gasteiger charge is -2.05. The molecule has 3 N–H and O–H groups in total. The highest BCUT2D eigenvalue weighted by Crippen LogP contribution is 2.12. The van der Waals surface area contributed by atoms with Crippen molar-refractivity contribution in [1.82, 2.24) is 4.72 Å². The largest absolute Gasteiger partial charge is 0.447 e. The van der Waals surface area contributed by atoms with E-state index < -0.39 is 10.0 Å². The van der Waals surface area contributed by atoms with Crippen LogP contribution in [0.4, 0.5) is 0 Å². The minimum absolute atomic E-state index is 0.0974. The van der Waals surface area contributed by atoms with Gasteiger partial charge in [0.1, 0.15) is 5.76 Å². The Hall–Kier alpha value is -0.890. The van der Waals surface area contributed by atoms with Gasteiger partial charge in [0, 0.05) is 19.8 Å². The van der Waals surface area contributed by atoms with E-state index in [0.717, 1.165) is 19.4 Å². The Morgan fingerprint density at radius 1 is 1.32 bits per heavy atom. The van der Waals surface area contributed by atoms with Crippen molar-refractivity contribution in [3.05, 3.63) is 17.9 Å². The van der Waals surface area contributed by atoms with Crippen LogP contribution in [0.5, 0.6) is 0 Å². The molecule has 1 heterocycles. The van der Waals surface area contributed by atoms with Crippen LogP contribution in [0.15, 0.2) is 21.6 Å².